The number of hydrogen-bond donors (Lipinski definition) is 2. The average Bonchev–Trinajstić information content (AvgIpc) is 2.45. The Balaban J connectivity index is 2.13. The maximum Gasteiger partial charge on any atom is 0.230 e. The minimum Gasteiger partial charge on any atom is -0.349 e. The molecule has 0 saturated carbocycles. The van der Waals surface area contributed by atoms with Crippen molar-refractivity contribution < 1.29 is 4.79 Å². The van der Waals surface area contributed by atoms with E-state index in [-0.39, 0.29) is 11.4 Å². The molecule has 0 spiro atoms. The highest BCUT2D eigenvalue weighted by molar-refractivity contribution is 8.00. The summed E-state index contributed by atoms with van der Waals surface area (Å²) in [4.78, 5) is 13.0. The molecule has 0 aliphatic heterocycles. The zero-order chi connectivity index (χ0) is 15.5. The van der Waals surface area contributed by atoms with Crippen LogP contribution in [0.3, 0.4) is 0 Å². The number of nitrogens with one attached hydrogen (secondary N) is 1. The fraction of sp³-hybridized carbons (Fsp3) is 0.312. The lowest BCUT2D eigenvalue weighted by molar-refractivity contribution is -0.120. The molecule has 3 N–H and O–H groups in total. The number of thioether (sulfide) groups is 1. The maximum atomic E-state index is 12.0. The predicted octanol–water partition coefficient (Wildman–Crippen LogP) is 3.44. The van der Waals surface area contributed by atoms with Crippen LogP contribution in [0, 0.1) is 0 Å². The summed E-state index contributed by atoms with van der Waals surface area (Å²) >= 11 is 7.76. The van der Waals surface area contributed by atoms with Crippen LogP contribution in [0.5, 0.6) is 0 Å². The maximum absolute atomic E-state index is 12.0. The van der Waals surface area contributed by atoms with Gasteiger partial charge in [0.05, 0.1) is 5.75 Å². The average molecular weight is 323 g/mol. The lowest BCUT2D eigenvalue weighted by atomic mass is 10.1. The lowest BCUT2D eigenvalue weighted by Crippen LogP contribution is -2.49. The van der Waals surface area contributed by atoms with Gasteiger partial charge in [0.2, 0.25) is 5.91 Å². The Morgan fingerprint density at radius 1 is 1.29 bits per heavy atom. The minimum atomic E-state index is -0.381. The van der Waals surface area contributed by atoms with Crippen molar-refractivity contribution in [1.82, 2.24) is 5.32 Å². The third kappa shape index (κ3) is 4.13. The smallest absolute Gasteiger partial charge is 0.230 e. The summed E-state index contributed by atoms with van der Waals surface area (Å²) in [6.45, 7) is 4.22. The first kappa shape index (κ1) is 16.1. The molecule has 0 bridgehead atoms. The topological polar surface area (TPSA) is 55.1 Å². The molecule has 0 aliphatic rings. The number of benzene rings is 2. The van der Waals surface area contributed by atoms with Crippen LogP contribution in [0.2, 0.25) is 5.02 Å². The van der Waals surface area contributed by atoms with Gasteiger partial charge < -0.3 is 11.1 Å². The number of carbonyl (C=O) groups is 1. The van der Waals surface area contributed by atoms with Gasteiger partial charge in [0, 0.05) is 27.4 Å². The van der Waals surface area contributed by atoms with Gasteiger partial charge >= 0.3 is 0 Å². The van der Waals surface area contributed by atoms with Gasteiger partial charge in [-0.25, -0.2) is 0 Å². The second kappa shape index (κ2) is 6.69. The molecule has 2 rings (SSSR count). The molecule has 0 radical (unpaired) electrons. The van der Waals surface area contributed by atoms with Gasteiger partial charge in [-0.05, 0) is 31.4 Å². The van der Waals surface area contributed by atoms with Crippen molar-refractivity contribution in [1.29, 1.82) is 0 Å². The van der Waals surface area contributed by atoms with Crippen molar-refractivity contribution in [2.24, 2.45) is 5.73 Å². The Bertz CT molecular complexity index is 653. The summed E-state index contributed by atoms with van der Waals surface area (Å²) < 4.78 is 0. The third-order valence-corrected chi connectivity index (χ3v) is 4.54. The van der Waals surface area contributed by atoms with Gasteiger partial charge in [-0.2, -0.15) is 0 Å². The SMILES string of the molecule is CC(C)(CN)NC(=O)CSc1cccc2cccc(Cl)c12. The molecule has 21 heavy (non-hydrogen) atoms. The Kier molecular flexibility index (Phi) is 5.14. The van der Waals surface area contributed by atoms with Crippen molar-refractivity contribution >= 4 is 40.0 Å². The van der Waals surface area contributed by atoms with Gasteiger partial charge in [0.15, 0.2) is 0 Å². The minimum absolute atomic E-state index is 0.0282. The van der Waals surface area contributed by atoms with Gasteiger partial charge in [-0.3, -0.25) is 4.79 Å². The molecule has 112 valence electrons. The van der Waals surface area contributed by atoms with E-state index in [1.165, 1.54) is 11.8 Å². The molecular formula is C16H19ClN2OS. The van der Waals surface area contributed by atoms with Crippen LogP contribution >= 0.6 is 23.4 Å². The largest absolute Gasteiger partial charge is 0.349 e. The molecule has 0 aliphatic carbocycles. The zero-order valence-electron chi connectivity index (χ0n) is 12.2. The summed E-state index contributed by atoms with van der Waals surface area (Å²) in [6, 6.07) is 11.8. The van der Waals surface area contributed by atoms with Crippen LogP contribution in [0.4, 0.5) is 0 Å². The van der Waals surface area contributed by atoms with Crippen LogP contribution in [0.1, 0.15) is 13.8 Å². The van der Waals surface area contributed by atoms with Crippen molar-refractivity contribution in [2.75, 3.05) is 12.3 Å². The highest BCUT2D eigenvalue weighted by Gasteiger charge is 2.18. The molecule has 0 fully saturated rings. The van der Waals surface area contributed by atoms with E-state index < -0.39 is 0 Å². The predicted molar refractivity (Wildman–Crippen MR) is 91.0 cm³/mol. The Morgan fingerprint density at radius 2 is 1.95 bits per heavy atom. The van der Waals surface area contributed by atoms with Crippen LogP contribution < -0.4 is 11.1 Å². The lowest BCUT2D eigenvalue weighted by Gasteiger charge is -2.24. The van der Waals surface area contributed by atoms with Crippen LogP contribution in [0.25, 0.3) is 10.8 Å². The van der Waals surface area contributed by atoms with E-state index >= 15 is 0 Å². The first-order valence-corrected chi connectivity index (χ1v) is 8.10. The van der Waals surface area contributed by atoms with E-state index in [1.807, 2.05) is 50.2 Å². The molecule has 5 heteroatoms. The summed E-state index contributed by atoms with van der Waals surface area (Å²) in [7, 11) is 0. The van der Waals surface area contributed by atoms with E-state index in [0.29, 0.717) is 17.3 Å². The highest BCUT2D eigenvalue weighted by Crippen LogP contribution is 2.33. The van der Waals surface area contributed by atoms with Gasteiger partial charge in [0.1, 0.15) is 0 Å². The van der Waals surface area contributed by atoms with E-state index in [4.69, 9.17) is 17.3 Å². The monoisotopic (exact) mass is 322 g/mol. The second-order valence-corrected chi connectivity index (χ2v) is 6.94. The molecule has 2 aromatic rings. The third-order valence-electron chi connectivity index (χ3n) is 3.16. The summed E-state index contributed by atoms with van der Waals surface area (Å²) in [6.07, 6.45) is 0. The summed E-state index contributed by atoms with van der Waals surface area (Å²) in [5.41, 5.74) is 5.24. The first-order valence-electron chi connectivity index (χ1n) is 6.74. The summed E-state index contributed by atoms with van der Waals surface area (Å²) in [5.74, 6) is 0.313. The van der Waals surface area contributed by atoms with Gasteiger partial charge in [0.25, 0.3) is 0 Å². The highest BCUT2D eigenvalue weighted by atomic mass is 35.5. The molecule has 0 atom stereocenters. The Morgan fingerprint density at radius 3 is 2.62 bits per heavy atom. The van der Waals surface area contributed by atoms with Crippen molar-refractivity contribution in [3.8, 4) is 0 Å². The quantitative estimate of drug-likeness (QED) is 0.829. The Labute approximate surface area is 134 Å². The fourth-order valence-corrected chi connectivity index (χ4v) is 3.24. The number of fused-ring (bicyclic) bond motifs is 1. The van der Waals surface area contributed by atoms with Crippen LogP contribution in [-0.4, -0.2) is 23.7 Å². The number of rotatable bonds is 5. The van der Waals surface area contributed by atoms with E-state index in [1.54, 1.807) is 0 Å². The number of nitrogens with two attached hydrogens (primary N) is 1. The molecule has 0 heterocycles. The van der Waals surface area contributed by atoms with Crippen LogP contribution in [0.15, 0.2) is 41.3 Å². The van der Waals surface area contributed by atoms with E-state index in [2.05, 4.69) is 5.32 Å². The zero-order valence-corrected chi connectivity index (χ0v) is 13.7. The van der Waals surface area contributed by atoms with Crippen LogP contribution in [-0.2, 0) is 4.79 Å². The number of halogens is 1. The number of carbonyl (C=O) groups excluding carboxylic acids is 1. The first-order chi connectivity index (χ1) is 9.93. The number of amides is 1. The molecule has 2 aromatic carbocycles. The summed E-state index contributed by atoms with van der Waals surface area (Å²) in [5, 5.41) is 5.70. The fourth-order valence-electron chi connectivity index (χ4n) is 1.99. The molecule has 3 nitrogen and oxygen atoms in total. The molecular weight excluding hydrogens is 304 g/mol. The normalized spacial score (nSPS) is 11.6. The van der Waals surface area contributed by atoms with E-state index in [0.717, 1.165) is 15.7 Å². The molecule has 0 saturated heterocycles. The molecule has 1 amide bonds. The Hall–Kier alpha value is -1.23. The van der Waals surface area contributed by atoms with Crippen molar-refractivity contribution in [3.05, 3.63) is 41.4 Å². The van der Waals surface area contributed by atoms with Gasteiger partial charge in [-0.15, -0.1) is 11.8 Å². The standard InChI is InChI=1S/C16H19ClN2OS/c1-16(2,10-18)19-14(20)9-21-13-8-4-6-11-5-3-7-12(17)15(11)13/h3-8H,9-10,18H2,1-2H3,(H,19,20). The van der Waals surface area contributed by atoms with Gasteiger partial charge in [-0.1, -0.05) is 35.9 Å². The van der Waals surface area contributed by atoms with Crippen molar-refractivity contribution in [3.63, 3.8) is 0 Å². The second-order valence-electron chi connectivity index (χ2n) is 5.52. The van der Waals surface area contributed by atoms with E-state index in [9.17, 15) is 4.79 Å². The molecule has 0 unspecified atom stereocenters. The number of hydrogen-bond acceptors (Lipinski definition) is 3. The molecule has 0 aromatic heterocycles. The van der Waals surface area contributed by atoms with Crippen molar-refractivity contribution in [2.45, 2.75) is 24.3 Å².